The Hall–Kier alpha value is -0.720. The molecule has 0 fully saturated rings. The Labute approximate surface area is 120 Å². The van der Waals surface area contributed by atoms with E-state index in [1.165, 1.54) is 14.7 Å². The normalized spacial score (nSPS) is 10.8. The number of hydrogen-bond acceptors (Lipinski definition) is 5. The monoisotopic (exact) mass is 297 g/mol. The third-order valence-electron chi connectivity index (χ3n) is 2.57. The molecule has 6 heteroatoms. The number of aromatic nitrogens is 2. The minimum atomic E-state index is 0.523. The lowest BCUT2D eigenvalue weighted by molar-refractivity contribution is 1.08. The van der Waals surface area contributed by atoms with Gasteiger partial charge in [-0.3, -0.25) is 5.10 Å². The minimum absolute atomic E-state index is 0.523. The van der Waals surface area contributed by atoms with Crippen molar-refractivity contribution in [2.45, 2.75) is 14.7 Å². The van der Waals surface area contributed by atoms with Crippen LogP contribution in [0, 0.1) is 0 Å². The molecule has 2 aromatic rings. The molecule has 0 aliphatic heterocycles. The molecule has 0 bridgehead atoms. The zero-order valence-corrected chi connectivity index (χ0v) is 12.9. The fourth-order valence-corrected chi connectivity index (χ4v) is 4.39. The van der Waals surface area contributed by atoms with Gasteiger partial charge in [-0.25, -0.2) is 0 Å². The summed E-state index contributed by atoms with van der Waals surface area (Å²) >= 11 is 5.32. The highest BCUT2D eigenvalue weighted by Gasteiger charge is 2.11. The summed E-state index contributed by atoms with van der Waals surface area (Å²) in [4.78, 5) is 3.92. The number of H-pyrrole nitrogens is 1. The average Bonchev–Trinajstić information content (AvgIpc) is 2.83. The second-order valence-electron chi connectivity index (χ2n) is 3.62. The molecule has 0 atom stereocenters. The number of rotatable bonds is 4. The standard InChI is InChI=1S/C12H15N3S3/c1-16-9-4-7(8-6-11(13)15-14-8)5-10(17-2)12(9)18-3/h4-6H,1-3H3,(H3,13,14,15). The van der Waals surface area contributed by atoms with Gasteiger partial charge in [0.25, 0.3) is 0 Å². The van der Waals surface area contributed by atoms with Crippen molar-refractivity contribution < 1.29 is 0 Å². The van der Waals surface area contributed by atoms with Crippen molar-refractivity contribution in [2.24, 2.45) is 0 Å². The summed E-state index contributed by atoms with van der Waals surface area (Å²) in [7, 11) is 0. The molecule has 3 nitrogen and oxygen atoms in total. The van der Waals surface area contributed by atoms with E-state index in [1.807, 2.05) is 6.07 Å². The fraction of sp³-hybridized carbons (Fsp3) is 0.250. The summed E-state index contributed by atoms with van der Waals surface area (Å²) in [6.07, 6.45) is 6.32. The number of thioether (sulfide) groups is 3. The first-order valence-electron chi connectivity index (χ1n) is 5.31. The number of aromatic amines is 1. The van der Waals surface area contributed by atoms with Gasteiger partial charge in [0.2, 0.25) is 0 Å². The first-order chi connectivity index (χ1) is 8.69. The molecular weight excluding hydrogens is 282 g/mol. The Morgan fingerprint density at radius 2 is 1.61 bits per heavy atom. The quantitative estimate of drug-likeness (QED) is 0.840. The van der Waals surface area contributed by atoms with Crippen LogP contribution in [0.3, 0.4) is 0 Å². The number of nitrogen functional groups attached to an aromatic ring is 1. The molecule has 96 valence electrons. The second kappa shape index (κ2) is 5.95. The molecule has 0 aliphatic rings. The Kier molecular flexibility index (Phi) is 4.53. The largest absolute Gasteiger partial charge is 0.382 e. The molecule has 1 aromatic carbocycles. The third-order valence-corrected chi connectivity index (χ3v) is 5.20. The molecule has 0 aliphatic carbocycles. The van der Waals surface area contributed by atoms with Gasteiger partial charge < -0.3 is 5.73 Å². The number of anilines is 1. The van der Waals surface area contributed by atoms with E-state index in [4.69, 9.17) is 5.73 Å². The number of hydrogen-bond donors (Lipinski definition) is 2. The molecular formula is C12H15N3S3. The minimum Gasteiger partial charge on any atom is -0.382 e. The van der Waals surface area contributed by atoms with Gasteiger partial charge in [-0.1, -0.05) is 0 Å². The van der Waals surface area contributed by atoms with Crippen molar-refractivity contribution in [2.75, 3.05) is 24.5 Å². The Balaban J connectivity index is 2.56. The van der Waals surface area contributed by atoms with Crippen LogP contribution in [0.1, 0.15) is 0 Å². The summed E-state index contributed by atoms with van der Waals surface area (Å²) in [5.41, 5.74) is 7.75. The van der Waals surface area contributed by atoms with Crippen LogP contribution >= 0.6 is 35.3 Å². The van der Waals surface area contributed by atoms with E-state index in [-0.39, 0.29) is 0 Å². The summed E-state index contributed by atoms with van der Waals surface area (Å²) in [6, 6.07) is 6.23. The lowest BCUT2D eigenvalue weighted by Crippen LogP contribution is -1.86. The number of nitrogens with one attached hydrogen (secondary N) is 1. The number of benzene rings is 1. The first-order valence-corrected chi connectivity index (χ1v) is 8.98. The SMILES string of the molecule is CSc1cc(-c2cc(N)n[nH]2)cc(SC)c1SC. The van der Waals surface area contributed by atoms with Crippen LogP contribution in [0.4, 0.5) is 5.82 Å². The summed E-state index contributed by atoms with van der Waals surface area (Å²) in [6.45, 7) is 0. The van der Waals surface area contributed by atoms with Crippen LogP contribution in [0.5, 0.6) is 0 Å². The average molecular weight is 297 g/mol. The summed E-state index contributed by atoms with van der Waals surface area (Å²) < 4.78 is 0. The van der Waals surface area contributed by atoms with Gasteiger partial charge in [-0.05, 0) is 30.9 Å². The molecule has 18 heavy (non-hydrogen) atoms. The lowest BCUT2D eigenvalue weighted by Gasteiger charge is -2.12. The van der Waals surface area contributed by atoms with E-state index in [9.17, 15) is 0 Å². The zero-order chi connectivity index (χ0) is 13.1. The number of nitrogens with two attached hydrogens (primary N) is 1. The van der Waals surface area contributed by atoms with Gasteiger partial charge in [0, 0.05) is 26.3 Å². The third kappa shape index (κ3) is 2.65. The Morgan fingerprint density at radius 3 is 2.00 bits per heavy atom. The van der Waals surface area contributed by atoms with Gasteiger partial charge in [0.15, 0.2) is 0 Å². The van der Waals surface area contributed by atoms with Crippen LogP contribution in [0.2, 0.25) is 0 Å². The van der Waals surface area contributed by atoms with Crippen molar-refractivity contribution in [1.82, 2.24) is 10.2 Å². The fourth-order valence-electron chi connectivity index (χ4n) is 1.72. The van der Waals surface area contributed by atoms with Crippen LogP contribution in [0.25, 0.3) is 11.3 Å². The van der Waals surface area contributed by atoms with Crippen LogP contribution < -0.4 is 5.73 Å². The lowest BCUT2D eigenvalue weighted by atomic mass is 10.1. The predicted molar refractivity (Wildman–Crippen MR) is 83.8 cm³/mol. The molecule has 0 unspecified atom stereocenters. The maximum atomic E-state index is 5.66. The predicted octanol–water partition coefficient (Wildman–Crippen LogP) is 3.82. The van der Waals surface area contributed by atoms with Crippen LogP contribution in [-0.4, -0.2) is 29.0 Å². The number of nitrogens with zero attached hydrogens (tertiary/aromatic N) is 1. The van der Waals surface area contributed by atoms with Crippen molar-refractivity contribution in [3.05, 3.63) is 18.2 Å². The van der Waals surface area contributed by atoms with E-state index < -0.39 is 0 Å². The van der Waals surface area contributed by atoms with Gasteiger partial charge in [-0.2, -0.15) is 5.10 Å². The molecule has 1 aromatic heterocycles. The van der Waals surface area contributed by atoms with E-state index in [0.29, 0.717) is 5.82 Å². The maximum absolute atomic E-state index is 5.66. The molecule has 0 saturated carbocycles. The molecule has 0 amide bonds. The van der Waals surface area contributed by atoms with Crippen molar-refractivity contribution >= 4 is 41.1 Å². The van der Waals surface area contributed by atoms with Gasteiger partial charge in [0.05, 0.1) is 5.69 Å². The molecule has 2 rings (SSSR count). The summed E-state index contributed by atoms with van der Waals surface area (Å²) in [5, 5.41) is 6.94. The molecule has 0 radical (unpaired) electrons. The van der Waals surface area contributed by atoms with Gasteiger partial charge in [0.1, 0.15) is 5.82 Å². The Morgan fingerprint density at radius 1 is 1.00 bits per heavy atom. The molecule has 3 N–H and O–H groups in total. The topological polar surface area (TPSA) is 54.7 Å². The summed E-state index contributed by atoms with van der Waals surface area (Å²) in [5.74, 6) is 0.523. The Bertz CT molecular complexity index is 526. The molecule has 0 spiro atoms. The van der Waals surface area contributed by atoms with E-state index >= 15 is 0 Å². The highest BCUT2D eigenvalue weighted by molar-refractivity contribution is 8.03. The molecule has 1 heterocycles. The first kappa shape index (κ1) is 13.7. The van der Waals surface area contributed by atoms with E-state index in [1.54, 1.807) is 35.3 Å². The van der Waals surface area contributed by atoms with Gasteiger partial charge in [-0.15, -0.1) is 35.3 Å². The zero-order valence-electron chi connectivity index (χ0n) is 10.5. The van der Waals surface area contributed by atoms with Crippen LogP contribution in [-0.2, 0) is 0 Å². The van der Waals surface area contributed by atoms with E-state index in [0.717, 1.165) is 11.3 Å². The second-order valence-corrected chi connectivity index (χ2v) is 6.13. The van der Waals surface area contributed by atoms with Crippen molar-refractivity contribution in [1.29, 1.82) is 0 Å². The highest BCUT2D eigenvalue weighted by Crippen LogP contribution is 2.39. The van der Waals surface area contributed by atoms with E-state index in [2.05, 4.69) is 41.1 Å². The highest BCUT2D eigenvalue weighted by atomic mass is 32.2. The maximum Gasteiger partial charge on any atom is 0.145 e. The molecule has 0 saturated heterocycles. The smallest absolute Gasteiger partial charge is 0.145 e. The van der Waals surface area contributed by atoms with Crippen LogP contribution in [0.15, 0.2) is 32.9 Å². The van der Waals surface area contributed by atoms with Crippen molar-refractivity contribution in [3.8, 4) is 11.3 Å². The van der Waals surface area contributed by atoms with Gasteiger partial charge >= 0.3 is 0 Å². The van der Waals surface area contributed by atoms with Crippen molar-refractivity contribution in [3.63, 3.8) is 0 Å².